The summed E-state index contributed by atoms with van der Waals surface area (Å²) in [5, 5.41) is 17.0. The van der Waals surface area contributed by atoms with Gasteiger partial charge in [0.15, 0.2) is 0 Å². The second-order valence-electron chi connectivity index (χ2n) is 3.30. The van der Waals surface area contributed by atoms with Crippen LogP contribution in [0.2, 0.25) is 0 Å². The van der Waals surface area contributed by atoms with Crippen molar-refractivity contribution in [2.75, 3.05) is 7.11 Å². The minimum absolute atomic E-state index is 0.196. The molecule has 0 spiro atoms. The lowest BCUT2D eigenvalue weighted by Gasteiger charge is -2.14. The second-order valence-corrected chi connectivity index (χ2v) is 3.30. The lowest BCUT2D eigenvalue weighted by atomic mass is 10.1. The van der Waals surface area contributed by atoms with E-state index < -0.39 is 5.97 Å². The van der Waals surface area contributed by atoms with E-state index in [0.717, 1.165) is 5.56 Å². The van der Waals surface area contributed by atoms with Crippen LogP contribution in [0, 0.1) is 5.41 Å². The Kier molecular flexibility index (Phi) is 4.38. The van der Waals surface area contributed by atoms with Crippen molar-refractivity contribution in [1.82, 2.24) is 15.5 Å². The van der Waals surface area contributed by atoms with Gasteiger partial charge in [0.2, 0.25) is 11.8 Å². The molecule has 17 heavy (non-hydrogen) atoms. The van der Waals surface area contributed by atoms with Crippen molar-refractivity contribution in [2.45, 2.75) is 13.0 Å². The third-order valence-corrected chi connectivity index (χ3v) is 2.12. The van der Waals surface area contributed by atoms with E-state index in [9.17, 15) is 4.39 Å². The van der Waals surface area contributed by atoms with Gasteiger partial charge in [-0.3, -0.25) is 5.41 Å². The Morgan fingerprint density at radius 1 is 1.71 bits per heavy atom. The Labute approximate surface area is 98.2 Å². The van der Waals surface area contributed by atoms with Crippen LogP contribution in [0.25, 0.3) is 0 Å². The molecule has 0 bridgehead atoms. The van der Waals surface area contributed by atoms with Gasteiger partial charge in [0.1, 0.15) is 5.70 Å². The van der Waals surface area contributed by atoms with Crippen LogP contribution >= 0.6 is 0 Å². The minimum atomic E-state index is -1.18. The number of rotatable bonds is 5. The predicted octanol–water partition coefficient (Wildman–Crippen LogP) is 0.883. The normalized spacial score (nSPS) is 13.0. The average molecular weight is 239 g/mol. The Morgan fingerprint density at radius 2 is 2.41 bits per heavy atom. The lowest BCUT2D eigenvalue weighted by molar-refractivity contribution is 0.381. The van der Waals surface area contributed by atoms with Crippen LogP contribution in [0.3, 0.4) is 0 Å². The summed E-state index contributed by atoms with van der Waals surface area (Å²) in [6.45, 7) is 1.82. The molecule has 1 atom stereocenters. The molecule has 0 aliphatic carbocycles. The van der Waals surface area contributed by atoms with Crippen LogP contribution in [0.15, 0.2) is 24.2 Å². The van der Waals surface area contributed by atoms with Gasteiger partial charge in [-0.1, -0.05) is 0 Å². The van der Waals surface area contributed by atoms with Crippen LogP contribution in [-0.4, -0.2) is 23.3 Å². The average Bonchev–Trinajstić information content (AvgIpc) is 2.35. The highest BCUT2D eigenvalue weighted by Crippen LogP contribution is 2.20. The van der Waals surface area contributed by atoms with E-state index in [4.69, 9.17) is 15.9 Å². The van der Waals surface area contributed by atoms with E-state index >= 15 is 0 Å². The molecule has 6 nitrogen and oxygen atoms in total. The fourth-order valence-corrected chi connectivity index (χ4v) is 1.18. The molecule has 1 heterocycles. The number of nitrogens with two attached hydrogens (primary N) is 1. The third kappa shape index (κ3) is 3.40. The predicted molar refractivity (Wildman–Crippen MR) is 61.2 cm³/mol. The maximum atomic E-state index is 12.4. The molecule has 92 valence electrons. The van der Waals surface area contributed by atoms with E-state index in [1.807, 2.05) is 6.92 Å². The van der Waals surface area contributed by atoms with Crippen molar-refractivity contribution < 1.29 is 9.13 Å². The molecule has 0 aliphatic heterocycles. The molecule has 1 aromatic heterocycles. The molecule has 4 N–H and O–H groups in total. The Balaban J connectivity index is 2.80. The van der Waals surface area contributed by atoms with Gasteiger partial charge in [-0.2, -0.15) is 9.49 Å². The zero-order valence-electron chi connectivity index (χ0n) is 9.57. The van der Waals surface area contributed by atoms with Crippen LogP contribution in [0.5, 0.6) is 5.88 Å². The summed E-state index contributed by atoms with van der Waals surface area (Å²) >= 11 is 0. The standard InChI is InChI=1S/C10H14FN5O/c1-6(14-5-8(12)9(11)13)7-3-4-15-16-10(7)17-2/h3-6,13-14H,12H2,1-2H3/b8-5+,13-9?. The lowest BCUT2D eigenvalue weighted by Crippen LogP contribution is -2.17. The molecule has 1 rings (SSSR count). The maximum Gasteiger partial charge on any atom is 0.238 e. The van der Waals surface area contributed by atoms with E-state index in [1.165, 1.54) is 19.5 Å². The van der Waals surface area contributed by atoms with E-state index in [1.54, 1.807) is 6.07 Å². The van der Waals surface area contributed by atoms with Crippen molar-refractivity contribution in [2.24, 2.45) is 5.73 Å². The molecule has 0 radical (unpaired) electrons. The van der Waals surface area contributed by atoms with Crippen molar-refractivity contribution in [3.05, 3.63) is 29.7 Å². The Hall–Kier alpha value is -2.18. The fraction of sp³-hybridized carbons (Fsp3) is 0.300. The van der Waals surface area contributed by atoms with Crippen LogP contribution < -0.4 is 15.8 Å². The highest BCUT2D eigenvalue weighted by Gasteiger charge is 2.11. The summed E-state index contributed by atoms with van der Waals surface area (Å²) in [7, 11) is 1.49. The summed E-state index contributed by atoms with van der Waals surface area (Å²) < 4.78 is 17.4. The van der Waals surface area contributed by atoms with Gasteiger partial charge in [-0.25, -0.2) is 0 Å². The molecule has 1 unspecified atom stereocenters. The largest absolute Gasteiger partial charge is 0.480 e. The maximum absolute atomic E-state index is 12.4. The molecule has 0 aliphatic rings. The SMILES string of the molecule is COc1nnccc1C(C)N/C=C(/N)C(=N)F. The van der Waals surface area contributed by atoms with Crippen LogP contribution in [0.1, 0.15) is 18.5 Å². The van der Waals surface area contributed by atoms with Crippen LogP contribution in [0.4, 0.5) is 4.39 Å². The monoisotopic (exact) mass is 239 g/mol. The molecule has 1 aromatic rings. The molecule has 0 saturated carbocycles. The summed E-state index contributed by atoms with van der Waals surface area (Å²) in [6, 6.07) is 1.53. The van der Waals surface area contributed by atoms with Crippen molar-refractivity contribution in [3.8, 4) is 5.88 Å². The first-order chi connectivity index (χ1) is 8.06. The topological polar surface area (TPSA) is 96.9 Å². The first-order valence-electron chi connectivity index (χ1n) is 4.88. The molecule has 0 fully saturated rings. The van der Waals surface area contributed by atoms with Gasteiger partial charge < -0.3 is 15.8 Å². The number of ether oxygens (including phenoxy) is 1. The second kappa shape index (κ2) is 5.78. The molecular weight excluding hydrogens is 225 g/mol. The number of aromatic nitrogens is 2. The number of hydrogen-bond donors (Lipinski definition) is 3. The number of allylic oxidation sites excluding steroid dienone is 1. The summed E-state index contributed by atoms with van der Waals surface area (Å²) in [6.07, 6.45) is 2.76. The fourth-order valence-electron chi connectivity index (χ4n) is 1.18. The zero-order valence-corrected chi connectivity index (χ0v) is 9.57. The van der Waals surface area contributed by atoms with E-state index in [2.05, 4.69) is 15.5 Å². The number of halogens is 1. The first kappa shape index (κ1) is 12.9. The van der Waals surface area contributed by atoms with Gasteiger partial charge >= 0.3 is 0 Å². The Bertz CT molecular complexity index is 434. The smallest absolute Gasteiger partial charge is 0.238 e. The van der Waals surface area contributed by atoms with Gasteiger partial charge in [-0.15, -0.1) is 5.10 Å². The number of nitrogens with zero attached hydrogens (tertiary/aromatic N) is 2. The van der Waals surface area contributed by atoms with Crippen molar-refractivity contribution in [3.63, 3.8) is 0 Å². The quantitative estimate of drug-likeness (QED) is 0.663. The van der Waals surface area contributed by atoms with Crippen molar-refractivity contribution >= 4 is 5.97 Å². The van der Waals surface area contributed by atoms with Crippen LogP contribution in [-0.2, 0) is 0 Å². The van der Waals surface area contributed by atoms with Gasteiger partial charge in [0.05, 0.1) is 19.3 Å². The summed E-state index contributed by atoms with van der Waals surface area (Å²) in [4.78, 5) is 0. The minimum Gasteiger partial charge on any atom is -0.480 e. The van der Waals surface area contributed by atoms with Crippen molar-refractivity contribution in [1.29, 1.82) is 5.41 Å². The summed E-state index contributed by atoms with van der Waals surface area (Å²) in [5.41, 5.74) is 5.75. The number of nitrogens with one attached hydrogen (secondary N) is 2. The molecular formula is C10H14FN5O. The molecule has 0 amide bonds. The zero-order chi connectivity index (χ0) is 12.8. The van der Waals surface area contributed by atoms with Gasteiger partial charge in [0.25, 0.3) is 0 Å². The van der Waals surface area contributed by atoms with Gasteiger partial charge in [0, 0.05) is 11.8 Å². The molecule has 0 aromatic carbocycles. The third-order valence-electron chi connectivity index (χ3n) is 2.12. The number of methoxy groups -OCH3 is 1. The highest BCUT2D eigenvalue weighted by atomic mass is 19.1. The van der Waals surface area contributed by atoms with E-state index in [-0.39, 0.29) is 11.7 Å². The molecule has 7 heteroatoms. The van der Waals surface area contributed by atoms with E-state index in [0.29, 0.717) is 5.88 Å². The summed E-state index contributed by atoms with van der Waals surface area (Å²) in [5.74, 6) is -0.792. The number of hydrogen-bond acceptors (Lipinski definition) is 6. The van der Waals surface area contributed by atoms with Gasteiger partial charge in [-0.05, 0) is 13.0 Å². The molecule has 0 saturated heterocycles. The highest BCUT2D eigenvalue weighted by molar-refractivity contribution is 5.88. The Morgan fingerprint density at radius 3 is 3.00 bits per heavy atom. The first-order valence-corrected chi connectivity index (χ1v) is 4.88.